The second-order valence-electron chi connectivity index (χ2n) is 5.34. The molecule has 3 rings (SSSR count). The normalized spacial score (nSPS) is 18.6. The van der Waals surface area contributed by atoms with Gasteiger partial charge in [-0.05, 0) is 30.0 Å². The van der Waals surface area contributed by atoms with Crippen LogP contribution in [-0.4, -0.2) is 13.1 Å². The summed E-state index contributed by atoms with van der Waals surface area (Å²) in [7, 11) is 0. The maximum atomic E-state index is 10.1. The maximum absolute atomic E-state index is 10.1. The SMILES string of the molecule is N#CC(c1ccccc1)(c1ccccc1)C1CCNC1. The molecule has 2 aromatic rings. The van der Waals surface area contributed by atoms with Gasteiger partial charge in [-0.25, -0.2) is 0 Å². The zero-order valence-corrected chi connectivity index (χ0v) is 11.4. The van der Waals surface area contributed by atoms with E-state index in [0.717, 1.165) is 30.6 Å². The topological polar surface area (TPSA) is 35.8 Å². The van der Waals surface area contributed by atoms with E-state index in [1.807, 2.05) is 36.4 Å². The van der Waals surface area contributed by atoms with Crippen molar-refractivity contribution in [3.8, 4) is 6.07 Å². The van der Waals surface area contributed by atoms with Gasteiger partial charge in [-0.2, -0.15) is 5.26 Å². The molecule has 0 aromatic heterocycles. The third kappa shape index (κ3) is 2.01. The van der Waals surface area contributed by atoms with E-state index in [4.69, 9.17) is 0 Å². The first-order valence-electron chi connectivity index (χ1n) is 7.11. The van der Waals surface area contributed by atoms with E-state index < -0.39 is 5.41 Å². The Labute approximate surface area is 120 Å². The molecule has 1 aliphatic rings. The molecule has 1 unspecified atom stereocenters. The minimum atomic E-state index is -0.550. The molecule has 0 saturated carbocycles. The summed E-state index contributed by atoms with van der Waals surface area (Å²) in [5.74, 6) is 0.317. The second kappa shape index (κ2) is 5.48. The Bertz CT molecular complexity index is 553. The van der Waals surface area contributed by atoms with Gasteiger partial charge in [0.25, 0.3) is 0 Å². The van der Waals surface area contributed by atoms with E-state index >= 15 is 0 Å². The third-order valence-corrected chi connectivity index (χ3v) is 4.31. The van der Waals surface area contributed by atoms with Crippen LogP contribution < -0.4 is 5.32 Å². The predicted octanol–water partition coefficient (Wildman–Crippen LogP) is 3.11. The van der Waals surface area contributed by atoms with Gasteiger partial charge in [0.1, 0.15) is 5.41 Å². The fourth-order valence-corrected chi connectivity index (χ4v) is 3.28. The van der Waals surface area contributed by atoms with Crippen LogP contribution in [0.2, 0.25) is 0 Å². The van der Waals surface area contributed by atoms with Crippen molar-refractivity contribution >= 4 is 0 Å². The number of nitrogens with one attached hydrogen (secondary N) is 1. The van der Waals surface area contributed by atoms with Gasteiger partial charge in [-0.3, -0.25) is 0 Å². The van der Waals surface area contributed by atoms with Gasteiger partial charge in [-0.1, -0.05) is 60.7 Å². The summed E-state index contributed by atoms with van der Waals surface area (Å²) in [5, 5.41) is 13.5. The molecule has 0 radical (unpaired) electrons. The lowest BCUT2D eigenvalue weighted by atomic mass is 9.66. The van der Waals surface area contributed by atoms with Crippen molar-refractivity contribution in [3.05, 3.63) is 71.8 Å². The fraction of sp³-hybridized carbons (Fsp3) is 0.278. The first-order chi connectivity index (χ1) is 9.88. The predicted molar refractivity (Wildman–Crippen MR) is 80.3 cm³/mol. The van der Waals surface area contributed by atoms with Crippen molar-refractivity contribution in [3.63, 3.8) is 0 Å². The fourth-order valence-electron chi connectivity index (χ4n) is 3.28. The minimum Gasteiger partial charge on any atom is -0.316 e. The molecule has 2 nitrogen and oxygen atoms in total. The first kappa shape index (κ1) is 12.9. The summed E-state index contributed by atoms with van der Waals surface area (Å²) in [6.07, 6.45) is 1.04. The average molecular weight is 262 g/mol. The van der Waals surface area contributed by atoms with Crippen LogP contribution >= 0.6 is 0 Å². The molecule has 0 spiro atoms. The molecule has 0 bridgehead atoms. The number of rotatable bonds is 3. The van der Waals surface area contributed by atoms with Crippen LogP contribution in [0.5, 0.6) is 0 Å². The van der Waals surface area contributed by atoms with Crippen molar-refractivity contribution in [2.45, 2.75) is 11.8 Å². The third-order valence-electron chi connectivity index (χ3n) is 4.31. The molecule has 2 heteroatoms. The second-order valence-corrected chi connectivity index (χ2v) is 5.34. The molecule has 1 saturated heterocycles. The molecular formula is C18H18N2. The Hall–Kier alpha value is -2.11. The molecule has 1 heterocycles. The smallest absolute Gasteiger partial charge is 0.111 e. The quantitative estimate of drug-likeness (QED) is 0.922. The van der Waals surface area contributed by atoms with Crippen LogP contribution in [0, 0.1) is 17.2 Å². The number of nitriles is 1. The Kier molecular flexibility index (Phi) is 3.54. The molecular weight excluding hydrogens is 244 g/mol. The molecule has 2 aromatic carbocycles. The molecule has 1 fully saturated rings. The van der Waals surface area contributed by atoms with Crippen molar-refractivity contribution in [2.24, 2.45) is 5.92 Å². The highest BCUT2D eigenvalue weighted by molar-refractivity contribution is 5.47. The molecule has 1 N–H and O–H groups in total. The van der Waals surface area contributed by atoms with Gasteiger partial charge in [0.2, 0.25) is 0 Å². The number of hydrogen-bond donors (Lipinski definition) is 1. The van der Waals surface area contributed by atoms with Crippen molar-refractivity contribution in [1.82, 2.24) is 5.32 Å². The zero-order valence-electron chi connectivity index (χ0n) is 11.4. The van der Waals surface area contributed by atoms with Crippen molar-refractivity contribution in [1.29, 1.82) is 5.26 Å². The standard InChI is InChI=1S/C18H18N2/c19-14-18(17-11-12-20-13-17,15-7-3-1-4-8-15)16-9-5-2-6-10-16/h1-10,17,20H,11-13H2. The van der Waals surface area contributed by atoms with Crippen LogP contribution in [-0.2, 0) is 5.41 Å². The van der Waals surface area contributed by atoms with E-state index in [1.165, 1.54) is 0 Å². The maximum Gasteiger partial charge on any atom is 0.111 e. The molecule has 1 aliphatic heterocycles. The van der Waals surface area contributed by atoms with Gasteiger partial charge < -0.3 is 5.32 Å². The largest absolute Gasteiger partial charge is 0.316 e. The molecule has 20 heavy (non-hydrogen) atoms. The van der Waals surface area contributed by atoms with Crippen molar-refractivity contribution < 1.29 is 0 Å². The summed E-state index contributed by atoms with van der Waals surface area (Å²) in [6, 6.07) is 23.1. The van der Waals surface area contributed by atoms with Gasteiger partial charge in [0, 0.05) is 6.54 Å². The first-order valence-corrected chi connectivity index (χ1v) is 7.11. The van der Waals surface area contributed by atoms with Crippen LogP contribution in [0.25, 0.3) is 0 Å². The highest BCUT2D eigenvalue weighted by Gasteiger charge is 2.43. The summed E-state index contributed by atoms with van der Waals surface area (Å²) < 4.78 is 0. The van der Waals surface area contributed by atoms with Gasteiger partial charge >= 0.3 is 0 Å². The monoisotopic (exact) mass is 262 g/mol. The lowest BCUT2D eigenvalue weighted by molar-refractivity contribution is 0.425. The zero-order chi connectivity index (χ0) is 13.8. The Balaban J connectivity index is 2.19. The van der Waals surface area contributed by atoms with E-state index in [1.54, 1.807) is 0 Å². The van der Waals surface area contributed by atoms with Gasteiger partial charge in [0.15, 0.2) is 0 Å². The number of benzene rings is 2. The van der Waals surface area contributed by atoms with E-state index in [9.17, 15) is 5.26 Å². The highest BCUT2D eigenvalue weighted by atomic mass is 14.9. The van der Waals surface area contributed by atoms with Crippen molar-refractivity contribution in [2.75, 3.05) is 13.1 Å². The summed E-state index contributed by atoms with van der Waals surface area (Å²) in [5.41, 5.74) is 1.65. The molecule has 0 amide bonds. The molecule has 1 atom stereocenters. The van der Waals surface area contributed by atoms with Crippen LogP contribution in [0.3, 0.4) is 0 Å². The Morgan fingerprint density at radius 2 is 1.50 bits per heavy atom. The average Bonchev–Trinajstić information content (AvgIpc) is 3.06. The van der Waals surface area contributed by atoms with Crippen LogP contribution in [0.1, 0.15) is 17.5 Å². The lowest BCUT2D eigenvalue weighted by Crippen LogP contribution is -2.36. The van der Waals surface area contributed by atoms with E-state index in [2.05, 4.69) is 35.7 Å². The van der Waals surface area contributed by atoms with E-state index in [-0.39, 0.29) is 0 Å². The highest BCUT2D eigenvalue weighted by Crippen LogP contribution is 2.41. The Morgan fingerprint density at radius 1 is 0.950 bits per heavy atom. The van der Waals surface area contributed by atoms with Gasteiger partial charge in [-0.15, -0.1) is 0 Å². The molecule has 0 aliphatic carbocycles. The van der Waals surface area contributed by atoms with Crippen LogP contribution in [0.15, 0.2) is 60.7 Å². The summed E-state index contributed by atoms with van der Waals surface area (Å²) in [4.78, 5) is 0. The van der Waals surface area contributed by atoms with Gasteiger partial charge in [0.05, 0.1) is 6.07 Å². The minimum absolute atomic E-state index is 0.317. The number of hydrogen-bond acceptors (Lipinski definition) is 2. The summed E-state index contributed by atoms with van der Waals surface area (Å²) in [6.45, 7) is 1.89. The Morgan fingerprint density at radius 3 is 1.90 bits per heavy atom. The lowest BCUT2D eigenvalue weighted by Gasteiger charge is -2.33. The number of nitrogens with zero attached hydrogens (tertiary/aromatic N) is 1. The van der Waals surface area contributed by atoms with E-state index in [0.29, 0.717) is 5.92 Å². The van der Waals surface area contributed by atoms with Crippen LogP contribution in [0.4, 0.5) is 0 Å². The molecule has 100 valence electrons. The summed E-state index contributed by atoms with van der Waals surface area (Å²) >= 11 is 0.